The Morgan fingerprint density at radius 3 is 2.79 bits per heavy atom. The predicted molar refractivity (Wildman–Crippen MR) is 86.9 cm³/mol. The third-order valence-electron chi connectivity index (χ3n) is 4.29. The van der Waals surface area contributed by atoms with Gasteiger partial charge in [-0.05, 0) is 36.5 Å². The van der Waals surface area contributed by atoms with Crippen LogP contribution in [-0.4, -0.2) is 11.0 Å². The topological polar surface area (TPSA) is 38.0 Å². The van der Waals surface area contributed by atoms with E-state index in [1.807, 2.05) is 18.2 Å². The van der Waals surface area contributed by atoms with Crippen molar-refractivity contribution in [3.05, 3.63) is 28.8 Å². The first-order chi connectivity index (χ1) is 8.99. The maximum absolute atomic E-state index is 6.01. The average molecular weight is 297 g/mol. The van der Waals surface area contributed by atoms with E-state index >= 15 is 0 Å². The molecule has 0 bridgehead atoms. The average Bonchev–Trinajstić information content (AvgIpc) is 2.36. The van der Waals surface area contributed by atoms with Crippen LogP contribution in [0.5, 0.6) is 0 Å². The van der Waals surface area contributed by atoms with Crippen molar-refractivity contribution >= 4 is 34.5 Å². The molecule has 0 amide bonds. The Balaban J connectivity index is 2.21. The van der Waals surface area contributed by atoms with Crippen LogP contribution in [0.3, 0.4) is 0 Å². The Labute approximate surface area is 125 Å². The van der Waals surface area contributed by atoms with E-state index in [1.54, 1.807) is 0 Å². The fraction of sp³-hybridized carbons (Fsp3) is 0.533. The Bertz CT molecular complexity index is 475. The van der Waals surface area contributed by atoms with Gasteiger partial charge in [-0.25, -0.2) is 0 Å². The van der Waals surface area contributed by atoms with Crippen molar-refractivity contribution in [2.24, 2.45) is 17.6 Å². The summed E-state index contributed by atoms with van der Waals surface area (Å²) in [6.07, 6.45) is 3.80. The normalized spacial score (nSPS) is 27.0. The largest absolute Gasteiger partial charge is 0.389 e. The van der Waals surface area contributed by atoms with Crippen molar-refractivity contribution in [2.75, 3.05) is 5.32 Å². The van der Waals surface area contributed by atoms with Crippen LogP contribution in [-0.2, 0) is 0 Å². The second-order valence-corrected chi connectivity index (χ2v) is 6.45. The summed E-state index contributed by atoms with van der Waals surface area (Å²) in [5.74, 6) is 1.41. The lowest BCUT2D eigenvalue weighted by Gasteiger charge is -2.35. The van der Waals surface area contributed by atoms with Gasteiger partial charge in [0.05, 0.1) is 0 Å². The van der Waals surface area contributed by atoms with Gasteiger partial charge in [0.15, 0.2) is 0 Å². The maximum atomic E-state index is 6.01. The van der Waals surface area contributed by atoms with Crippen LogP contribution in [0.2, 0.25) is 5.02 Å². The van der Waals surface area contributed by atoms with Gasteiger partial charge in [0.1, 0.15) is 4.99 Å². The molecule has 1 fully saturated rings. The predicted octanol–water partition coefficient (Wildman–Crippen LogP) is 4.21. The van der Waals surface area contributed by atoms with Crippen molar-refractivity contribution in [3.8, 4) is 0 Å². The second-order valence-electron chi connectivity index (χ2n) is 5.57. The Hall–Kier alpha value is -0.800. The molecule has 1 aliphatic rings. The van der Waals surface area contributed by atoms with Crippen LogP contribution in [0.25, 0.3) is 0 Å². The molecule has 4 heteroatoms. The summed E-state index contributed by atoms with van der Waals surface area (Å²) in [6, 6.07) is 6.17. The quantitative estimate of drug-likeness (QED) is 0.821. The lowest BCUT2D eigenvalue weighted by atomic mass is 9.78. The zero-order valence-electron chi connectivity index (χ0n) is 11.4. The number of thiocarbonyl (C=S) groups is 1. The summed E-state index contributed by atoms with van der Waals surface area (Å²) in [5, 5.41) is 4.28. The molecule has 3 N–H and O–H groups in total. The Morgan fingerprint density at radius 2 is 2.11 bits per heavy atom. The number of hydrogen-bond acceptors (Lipinski definition) is 2. The fourth-order valence-electron chi connectivity index (χ4n) is 2.83. The van der Waals surface area contributed by atoms with Gasteiger partial charge < -0.3 is 11.1 Å². The van der Waals surface area contributed by atoms with Crippen LogP contribution < -0.4 is 11.1 Å². The number of hydrogen-bond donors (Lipinski definition) is 2. The molecule has 0 aliphatic heterocycles. The minimum atomic E-state index is 0.390. The maximum Gasteiger partial charge on any atom is 0.106 e. The lowest BCUT2D eigenvalue weighted by molar-refractivity contribution is 0.253. The summed E-state index contributed by atoms with van der Waals surface area (Å²) in [5.41, 5.74) is 7.63. The summed E-state index contributed by atoms with van der Waals surface area (Å²) in [7, 11) is 0. The Kier molecular flexibility index (Phi) is 4.69. The van der Waals surface area contributed by atoms with Gasteiger partial charge in [-0.2, -0.15) is 0 Å². The summed E-state index contributed by atoms with van der Waals surface area (Å²) < 4.78 is 0. The number of benzene rings is 1. The van der Waals surface area contributed by atoms with Gasteiger partial charge >= 0.3 is 0 Å². The highest BCUT2D eigenvalue weighted by molar-refractivity contribution is 7.80. The zero-order chi connectivity index (χ0) is 14.0. The number of anilines is 1. The van der Waals surface area contributed by atoms with E-state index in [4.69, 9.17) is 29.6 Å². The number of halogens is 1. The smallest absolute Gasteiger partial charge is 0.106 e. The van der Waals surface area contributed by atoms with Gasteiger partial charge in [-0.3, -0.25) is 0 Å². The minimum absolute atomic E-state index is 0.390. The molecule has 104 valence electrons. The lowest BCUT2D eigenvalue weighted by Crippen LogP contribution is -2.35. The SMILES string of the molecule is CC1CCCC(Nc2ccc(Cl)cc2C(N)=S)C1C. The first-order valence-corrected chi connectivity index (χ1v) is 7.63. The number of rotatable bonds is 3. The van der Waals surface area contributed by atoms with Gasteiger partial charge in [0, 0.05) is 22.3 Å². The molecule has 0 radical (unpaired) electrons. The molecule has 1 aliphatic carbocycles. The summed E-state index contributed by atoms with van der Waals surface area (Å²) in [4.78, 5) is 0.390. The molecule has 1 aromatic carbocycles. The van der Waals surface area contributed by atoms with Crippen molar-refractivity contribution in [2.45, 2.75) is 39.2 Å². The van der Waals surface area contributed by atoms with E-state index in [2.05, 4.69) is 19.2 Å². The third-order valence-corrected chi connectivity index (χ3v) is 4.75. The molecule has 2 nitrogen and oxygen atoms in total. The van der Waals surface area contributed by atoms with Crippen molar-refractivity contribution < 1.29 is 0 Å². The van der Waals surface area contributed by atoms with Crippen molar-refractivity contribution in [3.63, 3.8) is 0 Å². The van der Waals surface area contributed by atoms with Gasteiger partial charge in [-0.15, -0.1) is 0 Å². The van der Waals surface area contributed by atoms with Gasteiger partial charge in [0.25, 0.3) is 0 Å². The molecular weight excluding hydrogens is 276 g/mol. The molecule has 3 atom stereocenters. The standard InChI is InChI=1S/C15H21ClN2S/c1-9-4-3-5-13(10(9)2)18-14-7-6-11(16)8-12(14)15(17)19/h6-10,13,18H,3-5H2,1-2H3,(H2,17,19). The van der Waals surface area contributed by atoms with E-state index in [0.29, 0.717) is 22.0 Å². The molecule has 0 aromatic heterocycles. The molecule has 0 spiro atoms. The molecule has 1 aromatic rings. The highest BCUT2D eigenvalue weighted by Gasteiger charge is 2.27. The first-order valence-electron chi connectivity index (χ1n) is 6.85. The Morgan fingerprint density at radius 1 is 1.37 bits per heavy atom. The summed E-state index contributed by atoms with van der Waals surface area (Å²) in [6.45, 7) is 4.65. The van der Waals surface area contributed by atoms with Crippen molar-refractivity contribution in [1.82, 2.24) is 0 Å². The van der Waals surface area contributed by atoms with E-state index in [0.717, 1.165) is 17.2 Å². The molecule has 2 rings (SSSR count). The van der Waals surface area contributed by atoms with E-state index in [1.165, 1.54) is 19.3 Å². The zero-order valence-corrected chi connectivity index (χ0v) is 13.0. The van der Waals surface area contributed by atoms with Crippen molar-refractivity contribution in [1.29, 1.82) is 0 Å². The first kappa shape index (κ1) is 14.6. The van der Waals surface area contributed by atoms with E-state index < -0.39 is 0 Å². The molecule has 3 unspecified atom stereocenters. The van der Waals surface area contributed by atoms with E-state index in [-0.39, 0.29) is 0 Å². The van der Waals surface area contributed by atoms with Gasteiger partial charge in [0.2, 0.25) is 0 Å². The second kappa shape index (κ2) is 6.10. The van der Waals surface area contributed by atoms with Crippen LogP contribution in [0.4, 0.5) is 5.69 Å². The van der Waals surface area contributed by atoms with E-state index in [9.17, 15) is 0 Å². The monoisotopic (exact) mass is 296 g/mol. The summed E-state index contributed by atoms with van der Waals surface area (Å²) >= 11 is 11.1. The number of nitrogens with one attached hydrogen (secondary N) is 1. The molecular formula is C15H21ClN2S. The number of nitrogens with two attached hydrogens (primary N) is 1. The van der Waals surface area contributed by atoms with Crippen LogP contribution in [0.15, 0.2) is 18.2 Å². The molecule has 0 saturated heterocycles. The van der Waals surface area contributed by atoms with Crippen LogP contribution >= 0.6 is 23.8 Å². The molecule has 0 heterocycles. The third kappa shape index (κ3) is 3.40. The molecule has 1 saturated carbocycles. The highest BCUT2D eigenvalue weighted by Crippen LogP contribution is 2.32. The van der Waals surface area contributed by atoms with Crippen LogP contribution in [0.1, 0.15) is 38.7 Å². The minimum Gasteiger partial charge on any atom is -0.389 e. The van der Waals surface area contributed by atoms with Gasteiger partial charge in [-0.1, -0.05) is 50.5 Å². The fourth-order valence-corrected chi connectivity index (χ4v) is 3.17. The van der Waals surface area contributed by atoms with Crippen LogP contribution in [0, 0.1) is 11.8 Å². The molecule has 19 heavy (non-hydrogen) atoms. The highest BCUT2D eigenvalue weighted by atomic mass is 35.5.